The summed E-state index contributed by atoms with van der Waals surface area (Å²) in [6.45, 7) is 3.26. The van der Waals surface area contributed by atoms with Gasteiger partial charge in [0, 0.05) is 24.9 Å². The van der Waals surface area contributed by atoms with E-state index >= 15 is 0 Å². The van der Waals surface area contributed by atoms with Crippen molar-refractivity contribution in [3.63, 3.8) is 0 Å². The number of esters is 1. The Bertz CT molecular complexity index is 687. The zero-order valence-corrected chi connectivity index (χ0v) is 15.2. The van der Waals surface area contributed by atoms with Gasteiger partial charge >= 0.3 is 5.97 Å². The van der Waals surface area contributed by atoms with E-state index < -0.39 is 34.4 Å². The topological polar surface area (TPSA) is 122 Å². The summed E-state index contributed by atoms with van der Waals surface area (Å²) in [6, 6.07) is -0.548. The van der Waals surface area contributed by atoms with Crippen LogP contribution in [0.15, 0.2) is 5.10 Å². The van der Waals surface area contributed by atoms with E-state index in [2.05, 4.69) is 10.5 Å². The van der Waals surface area contributed by atoms with Gasteiger partial charge in [-0.2, -0.15) is 5.10 Å². The lowest BCUT2D eigenvalue weighted by atomic mass is 10.1. The van der Waals surface area contributed by atoms with E-state index in [-0.39, 0.29) is 42.0 Å². The van der Waals surface area contributed by atoms with E-state index in [1.165, 1.54) is 4.90 Å². The van der Waals surface area contributed by atoms with Crippen LogP contribution in [0.3, 0.4) is 0 Å². The van der Waals surface area contributed by atoms with Crippen molar-refractivity contribution in [2.75, 3.05) is 18.1 Å². The van der Waals surface area contributed by atoms with Gasteiger partial charge in [-0.25, -0.2) is 18.6 Å². The molecule has 0 spiro atoms. The Hall–Kier alpha value is -1.97. The number of carbonyl (C=O) groups excluding carboxylic acids is 3. The van der Waals surface area contributed by atoms with E-state index in [1.807, 2.05) is 13.8 Å². The summed E-state index contributed by atoms with van der Waals surface area (Å²) in [5, 5.41) is 3.62. The number of rotatable bonds is 6. The fraction of sp³-hybridized carbons (Fsp3) is 0.733. The summed E-state index contributed by atoms with van der Waals surface area (Å²) in [4.78, 5) is 37.0. The number of nitrogens with one attached hydrogen (secondary N) is 1. The standard InChI is InChI=1S/C15H23N3O6S/c1-3-10(2)18(11-6-7-25(22,23)9-11)14(20)8-24-15(21)12-4-5-13(19)17-16-12/h10-11H,3-9H2,1-2H3,(H,17,19)/t10-,11+/m0/s1. The van der Waals surface area contributed by atoms with Gasteiger partial charge in [-0.05, 0) is 19.8 Å². The molecule has 1 fully saturated rings. The predicted octanol–water partition coefficient (Wildman–Crippen LogP) is -0.390. The van der Waals surface area contributed by atoms with Crippen molar-refractivity contribution in [3.8, 4) is 0 Å². The molecule has 2 aliphatic rings. The number of sulfone groups is 1. The minimum atomic E-state index is -3.13. The molecule has 0 radical (unpaired) electrons. The molecule has 0 aromatic heterocycles. The van der Waals surface area contributed by atoms with Crippen LogP contribution in [0.1, 0.15) is 39.5 Å². The predicted molar refractivity (Wildman–Crippen MR) is 89.4 cm³/mol. The van der Waals surface area contributed by atoms with Crippen molar-refractivity contribution in [3.05, 3.63) is 0 Å². The molecule has 1 N–H and O–H groups in total. The number of carbonyl (C=O) groups is 3. The number of ether oxygens (including phenoxy) is 1. The van der Waals surface area contributed by atoms with E-state index in [9.17, 15) is 22.8 Å². The first-order chi connectivity index (χ1) is 11.7. The van der Waals surface area contributed by atoms with Gasteiger partial charge in [0.15, 0.2) is 16.4 Å². The Morgan fingerprint density at radius 3 is 2.64 bits per heavy atom. The zero-order valence-electron chi connectivity index (χ0n) is 14.4. The highest BCUT2D eigenvalue weighted by Crippen LogP contribution is 2.21. The maximum absolute atomic E-state index is 12.5. The van der Waals surface area contributed by atoms with Gasteiger partial charge in [0.2, 0.25) is 5.91 Å². The first-order valence-corrected chi connectivity index (χ1v) is 10.1. The molecule has 0 unspecified atom stereocenters. The number of amides is 2. The van der Waals surface area contributed by atoms with Crippen LogP contribution < -0.4 is 5.43 Å². The van der Waals surface area contributed by atoms with Crippen molar-refractivity contribution in [1.29, 1.82) is 0 Å². The molecular weight excluding hydrogens is 350 g/mol. The smallest absolute Gasteiger partial charge is 0.355 e. The minimum Gasteiger partial charge on any atom is -0.451 e. The van der Waals surface area contributed by atoms with E-state index in [0.717, 1.165) is 0 Å². The quantitative estimate of drug-likeness (QED) is 0.633. The minimum absolute atomic E-state index is 0.0598. The average Bonchev–Trinajstić information content (AvgIpc) is 2.92. The molecular formula is C15H23N3O6S. The summed E-state index contributed by atoms with van der Waals surface area (Å²) >= 11 is 0. The van der Waals surface area contributed by atoms with E-state index in [4.69, 9.17) is 4.74 Å². The van der Waals surface area contributed by atoms with Crippen LogP contribution in [0.4, 0.5) is 0 Å². The monoisotopic (exact) mass is 373 g/mol. The Kier molecular flexibility index (Phi) is 6.15. The number of hydrazone groups is 1. The first-order valence-electron chi connectivity index (χ1n) is 8.27. The Labute approximate surface area is 146 Å². The van der Waals surface area contributed by atoms with Gasteiger partial charge in [-0.15, -0.1) is 0 Å². The lowest BCUT2D eigenvalue weighted by molar-refractivity contribution is -0.149. The largest absolute Gasteiger partial charge is 0.451 e. The summed E-state index contributed by atoms with van der Waals surface area (Å²) < 4.78 is 28.4. The van der Waals surface area contributed by atoms with Crippen LogP contribution in [-0.4, -0.2) is 67.0 Å². The number of hydrogen-bond donors (Lipinski definition) is 1. The molecule has 25 heavy (non-hydrogen) atoms. The van der Waals surface area contributed by atoms with Crippen LogP contribution in [-0.2, 0) is 29.0 Å². The third kappa shape index (κ3) is 5.00. The maximum atomic E-state index is 12.5. The van der Waals surface area contributed by atoms with E-state index in [0.29, 0.717) is 12.8 Å². The molecule has 0 aromatic carbocycles. The fourth-order valence-electron chi connectivity index (χ4n) is 2.91. The van der Waals surface area contributed by atoms with Gasteiger partial charge in [0.1, 0.15) is 5.71 Å². The molecule has 2 aliphatic heterocycles. The Morgan fingerprint density at radius 2 is 2.12 bits per heavy atom. The summed E-state index contributed by atoms with van der Waals surface area (Å²) in [5.41, 5.74) is 2.25. The van der Waals surface area contributed by atoms with Crippen LogP contribution in [0.2, 0.25) is 0 Å². The molecule has 2 atom stereocenters. The van der Waals surface area contributed by atoms with Crippen LogP contribution in [0, 0.1) is 0 Å². The van der Waals surface area contributed by atoms with Crippen LogP contribution in [0.5, 0.6) is 0 Å². The molecule has 2 amide bonds. The van der Waals surface area contributed by atoms with Gasteiger partial charge in [-0.3, -0.25) is 9.59 Å². The molecule has 0 aromatic rings. The molecule has 9 nitrogen and oxygen atoms in total. The van der Waals surface area contributed by atoms with Crippen molar-refractivity contribution in [2.45, 2.75) is 51.6 Å². The van der Waals surface area contributed by atoms with Crippen LogP contribution >= 0.6 is 0 Å². The second-order valence-electron chi connectivity index (χ2n) is 6.28. The lowest BCUT2D eigenvalue weighted by Gasteiger charge is -2.33. The highest BCUT2D eigenvalue weighted by Gasteiger charge is 2.37. The van der Waals surface area contributed by atoms with Crippen molar-refractivity contribution >= 4 is 33.3 Å². The van der Waals surface area contributed by atoms with Gasteiger partial charge in [0.05, 0.1) is 11.5 Å². The van der Waals surface area contributed by atoms with Crippen molar-refractivity contribution in [2.24, 2.45) is 5.10 Å². The first kappa shape index (κ1) is 19.4. The van der Waals surface area contributed by atoms with E-state index in [1.54, 1.807) is 0 Å². The van der Waals surface area contributed by atoms with Crippen LogP contribution in [0.25, 0.3) is 0 Å². The molecule has 1 saturated heterocycles. The third-order valence-electron chi connectivity index (χ3n) is 4.42. The highest BCUT2D eigenvalue weighted by atomic mass is 32.2. The SMILES string of the molecule is CC[C@H](C)N(C(=O)COC(=O)C1=NNC(=O)CC1)[C@@H]1CCS(=O)(=O)C1. The van der Waals surface area contributed by atoms with Gasteiger partial charge < -0.3 is 9.64 Å². The maximum Gasteiger partial charge on any atom is 0.355 e. The second kappa shape index (κ2) is 7.94. The fourth-order valence-corrected chi connectivity index (χ4v) is 4.62. The van der Waals surface area contributed by atoms with Gasteiger partial charge in [-0.1, -0.05) is 6.92 Å². The second-order valence-corrected chi connectivity index (χ2v) is 8.51. The third-order valence-corrected chi connectivity index (χ3v) is 6.17. The number of hydrogen-bond acceptors (Lipinski definition) is 7. The Morgan fingerprint density at radius 1 is 1.40 bits per heavy atom. The summed E-state index contributed by atoms with van der Waals surface area (Å²) in [7, 11) is -3.13. The molecule has 10 heteroatoms. The molecule has 0 aliphatic carbocycles. The summed E-state index contributed by atoms with van der Waals surface area (Å²) in [5.74, 6) is -1.45. The normalized spacial score (nSPS) is 23.4. The molecule has 0 bridgehead atoms. The highest BCUT2D eigenvalue weighted by molar-refractivity contribution is 7.91. The van der Waals surface area contributed by atoms with Crippen molar-refractivity contribution in [1.82, 2.24) is 10.3 Å². The van der Waals surface area contributed by atoms with Crippen molar-refractivity contribution < 1.29 is 27.5 Å². The molecule has 0 saturated carbocycles. The average molecular weight is 373 g/mol. The molecule has 2 rings (SSSR count). The Balaban J connectivity index is 1.98. The zero-order chi connectivity index (χ0) is 18.6. The molecule has 140 valence electrons. The molecule has 2 heterocycles. The lowest BCUT2D eigenvalue weighted by Crippen LogP contribution is -2.48. The van der Waals surface area contributed by atoms with Gasteiger partial charge in [0.25, 0.3) is 5.91 Å². The summed E-state index contributed by atoms with van der Waals surface area (Å²) in [6.07, 6.45) is 1.36. The number of nitrogens with zero attached hydrogens (tertiary/aromatic N) is 2.